The number of amides is 6. The van der Waals surface area contributed by atoms with Crippen LogP contribution >= 0.6 is 31.1 Å². The highest BCUT2D eigenvalue weighted by Gasteiger charge is 2.52. The van der Waals surface area contributed by atoms with E-state index in [4.69, 9.17) is 74.3 Å². The van der Waals surface area contributed by atoms with Crippen molar-refractivity contribution in [3.63, 3.8) is 0 Å². The van der Waals surface area contributed by atoms with E-state index in [-0.39, 0.29) is 198 Å². The third-order valence-electron chi connectivity index (χ3n) is 29.1. The third-order valence-corrected chi connectivity index (χ3v) is 33.0. The number of esters is 3. The molecule has 848 valence electrons. The number of unbranched alkanes of at least 4 members (excludes halogenated alkanes) is 38. The van der Waals surface area contributed by atoms with E-state index in [2.05, 4.69) is 16.0 Å². The maximum Gasteiger partial charge on any atom is 0.473 e. The van der Waals surface area contributed by atoms with Crippen LogP contribution in [0.2, 0.25) is 0 Å². The van der Waals surface area contributed by atoms with Crippen LogP contribution in [0.4, 0.5) is 0 Å². The molecule has 44 heteroatoms. The number of phosphoric ester groups is 3. The Morgan fingerprint density at radius 1 is 0.288 bits per heavy atom. The summed E-state index contributed by atoms with van der Waals surface area (Å²) in [7, 11) is -19.5. The van der Waals surface area contributed by atoms with Crippen molar-refractivity contribution >= 4 is 84.4 Å². The number of aliphatic hydroxyl groups excluding tert-OH is 1. The Hall–Kier alpha value is -4.57. The zero-order valence-electron chi connectivity index (χ0n) is 90.0. The van der Waals surface area contributed by atoms with Gasteiger partial charge in [0.25, 0.3) is 0 Å². The molecule has 0 bridgehead atoms. The normalized spacial score (nSPS) is 27.5. The number of carbonyl (C=O) groups is 9. The van der Waals surface area contributed by atoms with Gasteiger partial charge in [0.2, 0.25) is 35.4 Å². The number of phosphoric acid groups is 3. The quantitative estimate of drug-likeness (QED) is 0.0121. The summed E-state index contributed by atoms with van der Waals surface area (Å²) >= 11 is 0. The highest BCUT2D eigenvalue weighted by Crippen LogP contribution is 2.55. The smallest absolute Gasteiger partial charge is 0.463 e. The summed E-state index contributed by atoms with van der Waals surface area (Å²) in [5.41, 5.74) is 0. The molecule has 6 fully saturated rings. The van der Waals surface area contributed by atoms with E-state index < -0.39 is 112 Å². The zero-order chi connectivity index (χ0) is 107. The minimum atomic E-state index is -5.46. The van der Waals surface area contributed by atoms with Crippen molar-refractivity contribution in [2.75, 3.05) is 98.8 Å². The Kier molecular flexibility index (Phi) is 63.0. The number of rotatable bonds is 78. The molecule has 8 N–H and O–H groups in total. The van der Waals surface area contributed by atoms with Gasteiger partial charge in [0.1, 0.15) is 56.4 Å². The molecular weight excluding hydrogens is 1980 g/mol. The van der Waals surface area contributed by atoms with Crippen molar-refractivity contribution in [1.29, 1.82) is 0 Å². The van der Waals surface area contributed by atoms with Gasteiger partial charge in [0, 0.05) is 93.8 Å². The molecule has 19 unspecified atom stereocenters. The lowest BCUT2D eigenvalue weighted by atomic mass is 9.82. The molecule has 25 atom stereocenters. The van der Waals surface area contributed by atoms with Crippen LogP contribution in [0.1, 0.15) is 372 Å². The van der Waals surface area contributed by atoms with Crippen molar-refractivity contribution in [3.05, 3.63) is 0 Å². The fraction of sp³-hybridized carbons (Fsp3) is 0.912. The summed E-state index contributed by atoms with van der Waals surface area (Å²) in [5, 5.41) is 20.2. The van der Waals surface area contributed by atoms with Crippen molar-refractivity contribution in [1.82, 2.24) is 30.7 Å². The van der Waals surface area contributed by atoms with Crippen molar-refractivity contribution in [2.24, 2.45) is 35.5 Å². The number of aliphatic hydroxyl groups is 1. The highest BCUT2D eigenvalue weighted by molar-refractivity contribution is 7.51. The zero-order valence-corrected chi connectivity index (χ0v) is 93.6. The molecule has 6 aliphatic rings. The first kappa shape index (κ1) is 130. The van der Waals surface area contributed by atoms with Crippen LogP contribution in [0.3, 0.4) is 0 Å². The molecule has 0 aliphatic carbocycles. The van der Waals surface area contributed by atoms with Crippen LogP contribution < -0.4 is 16.0 Å². The lowest BCUT2D eigenvalue weighted by Gasteiger charge is -2.44. The van der Waals surface area contributed by atoms with Gasteiger partial charge in [-0.3, -0.25) is 74.9 Å². The number of likely N-dealkylation sites (tertiary alicyclic amines) is 3. The Balaban J connectivity index is 0.959. The van der Waals surface area contributed by atoms with Gasteiger partial charge in [0.05, 0.1) is 82.4 Å². The van der Waals surface area contributed by atoms with Gasteiger partial charge in [-0.1, -0.05) is 253 Å². The summed E-state index contributed by atoms with van der Waals surface area (Å²) in [6, 6.07) is -0.981. The van der Waals surface area contributed by atoms with Crippen LogP contribution in [-0.2, 0) is 136 Å². The lowest BCUT2D eigenvalue weighted by molar-refractivity contribution is -0.244. The van der Waals surface area contributed by atoms with Crippen molar-refractivity contribution in [3.8, 4) is 0 Å². The van der Waals surface area contributed by atoms with E-state index >= 15 is 0 Å². The van der Waals surface area contributed by atoms with Gasteiger partial charge in [-0.15, -0.1) is 0 Å². The third kappa shape index (κ3) is 53.0. The maximum absolute atomic E-state index is 14.6. The Morgan fingerprint density at radius 3 is 0.753 bits per heavy atom. The fourth-order valence-electron chi connectivity index (χ4n) is 19.9. The number of β-amino-alcohol motifs (C(OH)–C–C–N with tert-alkyl or cyclic N) is 1. The minimum Gasteiger partial charge on any atom is -0.463 e. The summed E-state index contributed by atoms with van der Waals surface area (Å²) in [6.45, 7) is 21.1. The van der Waals surface area contributed by atoms with Crippen LogP contribution in [-0.4, -0.2) is 283 Å². The Bertz CT molecular complexity index is 3970. The first-order valence-electron chi connectivity index (χ1n) is 55.0. The molecule has 0 aromatic heterocycles. The Morgan fingerprint density at radius 2 is 0.500 bits per heavy atom. The van der Waals surface area contributed by atoms with Gasteiger partial charge in [0.15, 0.2) is 18.9 Å². The first-order valence-corrected chi connectivity index (χ1v) is 61.5. The first-order chi connectivity index (χ1) is 69.4. The maximum atomic E-state index is 14.6. The second-order valence-corrected chi connectivity index (χ2v) is 47.6. The fourth-order valence-corrected chi connectivity index (χ4v) is 23.6. The van der Waals surface area contributed by atoms with E-state index in [1.807, 2.05) is 41.5 Å². The van der Waals surface area contributed by atoms with E-state index in [0.29, 0.717) is 51.9 Å². The average Bonchev–Trinajstić information content (AvgIpc) is 1.44. The minimum absolute atomic E-state index is 0.0212. The molecule has 0 aromatic rings. The van der Waals surface area contributed by atoms with Gasteiger partial charge in [-0.25, -0.2) is 13.7 Å². The largest absolute Gasteiger partial charge is 0.473 e. The topological polar surface area (TPSA) is 517 Å². The number of carbonyl (C=O) groups excluding carboxylic acids is 9. The molecule has 0 saturated carbocycles. The number of hydrogen-bond acceptors (Lipinski definition) is 30. The van der Waals surface area contributed by atoms with E-state index in [1.165, 1.54) is 56.2 Å². The monoisotopic (exact) mass is 2160 g/mol. The van der Waals surface area contributed by atoms with Crippen LogP contribution in [0.5, 0.6) is 0 Å². The second-order valence-electron chi connectivity index (χ2n) is 41.6. The molecular formula is C102H186N6O34P4. The summed E-state index contributed by atoms with van der Waals surface area (Å²) in [5.74, 6) is -2.55. The number of nitrogens with one attached hydrogen (secondary N) is 3. The molecule has 0 radical (unpaired) electrons. The van der Waals surface area contributed by atoms with Crippen molar-refractivity contribution in [2.45, 2.75) is 464 Å². The van der Waals surface area contributed by atoms with Gasteiger partial charge in [-0.05, 0) is 93.3 Å². The predicted molar refractivity (Wildman–Crippen MR) is 547 cm³/mol. The molecule has 40 nitrogen and oxygen atoms in total. The molecule has 146 heavy (non-hydrogen) atoms. The summed E-state index contributed by atoms with van der Waals surface area (Å²) < 4.78 is 146. The summed E-state index contributed by atoms with van der Waals surface area (Å²) in [6.07, 6.45) is 26.6. The van der Waals surface area contributed by atoms with Crippen LogP contribution in [0.25, 0.3) is 0 Å². The molecule has 6 saturated heterocycles. The molecule has 6 amide bonds. The van der Waals surface area contributed by atoms with Gasteiger partial charge < -0.3 is 102 Å². The van der Waals surface area contributed by atoms with Gasteiger partial charge >= 0.3 is 49.0 Å². The molecule has 0 spiro atoms. The number of nitrogens with zero attached hydrogens (tertiary/aromatic N) is 3. The van der Waals surface area contributed by atoms with Crippen LogP contribution in [0, 0.1) is 35.5 Å². The molecule has 6 rings (SSSR count). The van der Waals surface area contributed by atoms with Crippen molar-refractivity contribution < 1.29 is 160 Å². The Labute approximate surface area is 869 Å². The number of hydrogen-bond donors (Lipinski definition) is 8. The summed E-state index contributed by atoms with van der Waals surface area (Å²) in [4.78, 5) is 160. The molecule has 0 aromatic carbocycles. The van der Waals surface area contributed by atoms with E-state index in [9.17, 15) is 86.1 Å². The number of ether oxygens (including phenoxy) is 9. The van der Waals surface area contributed by atoms with Gasteiger partial charge in [-0.2, -0.15) is 0 Å². The lowest BCUT2D eigenvalue weighted by Crippen LogP contribution is -2.58. The van der Waals surface area contributed by atoms with E-state index in [1.54, 1.807) is 0 Å². The predicted octanol–water partition coefficient (Wildman–Crippen LogP) is 16.7. The SMILES string of the molecule is CC(=O)NC1C(OCCCCCCCCCCCCCCCC(=O)N2C[C@H](OP(=O)(O)OCCCCCOP(C)(=O)O)[C@@H](OP(=O)(O)O[C@H]3CN(C(=O)CCCCCCCCCCCCCCCOC4OC(COC(C)=O)C(C)C(C)C4NC(C)=O)C[C@@H]3OP(=O)(O)O[C@H]3CN(C(=O)CCCCCCCCCCCCCCCOC4OC(COC(C)=O)C(C)C(C)C4NC(C)=O)C[C@@H]3O)C2)OC(COC(C)=O)C(C)C1C. The second kappa shape index (κ2) is 70.8. The molecule has 6 heterocycles. The highest BCUT2D eigenvalue weighted by atomic mass is 31.2. The molecule has 6 aliphatic heterocycles. The average molecular weight is 2160 g/mol. The van der Waals surface area contributed by atoms with E-state index in [0.717, 1.165) is 238 Å². The van der Waals surface area contributed by atoms with Crippen LogP contribution in [0.15, 0.2) is 0 Å². The standard InChI is InChI=1S/C102H186N6O34P4/c1-73-76(4)97(103-79(7)109)100(135-91(73)70-130-82(10)112)127-59-51-44-38-32-26-20-14-17-23-29-35-41-48-56-94(116)106-64-85(115)86(65-106)138-145(123,124)140-89-68-108(96(118)58-50-43-37-31-25-19-16-22-28-34-40-46-53-61-129-102-99(105-81(9)111)78(6)75(3)93(137-102)72-132-84(12)114)69-90(89)142-146(125,126)141-88-67-107(66-87(88)139-144(121,122)134-63-55-47-54-62-133-143(13,119)120)95(117)57-49-42-36-30-24-18-15-21-27-33-39-45-52-60-128-101-98(104-80(8)110)77(5)74(2)92(136-101)71-131-83(11)113/h73-78,85-93,97-102,115H,14-72H2,1-13H3,(H,103,109)(H,104,110)(H,105,111)(H,119,120)(H,121,122)(H,123,124)(H,125,126)/t73?,74?,75?,76?,77?,78?,85-,86-,87-,88-,89-,90-,91?,92?,93?,97?,98?,99?,100?,101?,102?/m0/s1.